The maximum Gasteiger partial charge on any atom is 0.391 e. The minimum atomic E-state index is -4.09. The predicted octanol–water partition coefficient (Wildman–Crippen LogP) is 3.06. The Morgan fingerprint density at radius 2 is 1.95 bits per heavy atom. The van der Waals surface area contributed by atoms with Gasteiger partial charge in [-0.05, 0) is 28.8 Å². The molecule has 1 fully saturated rings. The van der Waals surface area contributed by atoms with Crippen molar-refractivity contribution in [2.75, 3.05) is 30.4 Å². The maximum absolute atomic E-state index is 12.6. The molecule has 1 aromatic heterocycles. The Morgan fingerprint density at radius 3 is 2.47 bits per heavy atom. The highest BCUT2D eigenvalue weighted by atomic mass is 79.9. The molecule has 0 unspecified atom stereocenters. The Morgan fingerprint density at radius 1 is 1.32 bits per heavy atom. The van der Waals surface area contributed by atoms with Crippen LogP contribution in [0, 0.1) is 5.92 Å². The van der Waals surface area contributed by atoms with E-state index in [1.165, 1.54) is 6.33 Å². The zero-order valence-corrected chi connectivity index (χ0v) is 11.9. The molecule has 1 aromatic rings. The van der Waals surface area contributed by atoms with Crippen LogP contribution in [0.2, 0.25) is 0 Å². The van der Waals surface area contributed by atoms with Crippen molar-refractivity contribution in [2.24, 2.45) is 5.92 Å². The van der Waals surface area contributed by atoms with Crippen LogP contribution in [0.15, 0.2) is 10.8 Å². The van der Waals surface area contributed by atoms with E-state index in [-0.39, 0.29) is 12.8 Å². The number of nitrogens with zero attached hydrogens (tertiary/aromatic N) is 3. The molecule has 0 radical (unpaired) electrons. The maximum atomic E-state index is 12.6. The molecular weight excluding hydrogens is 325 g/mol. The minimum Gasteiger partial charge on any atom is -0.372 e. The van der Waals surface area contributed by atoms with E-state index in [0.717, 1.165) is 0 Å². The van der Waals surface area contributed by atoms with Crippen LogP contribution in [-0.4, -0.2) is 36.3 Å². The van der Waals surface area contributed by atoms with Crippen molar-refractivity contribution in [2.45, 2.75) is 19.0 Å². The van der Waals surface area contributed by atoms with Crippen LogP contribution < -0.4 is 10.2 Å². The summed E-state index contributed by atoms with van der Waals surface area (Å²) < 4.78 is 38.5. The van der Waals surface area contributed by atoms with Crippen molar-refractivity contribution in [1.29, 1.82) is 0 Å². The molecule has 1 N–H and O–H groups in total. The number of rotatable bonds is 2. The van der Waals surface area contributed by atoms with Crippen molar-refractivity contribution >= 4 is 27.6 Å². The van der Waals surface area contributed by atoms with Gasteiger partial charge in [0.1, 0.15) is 22.4 Å². The van der Waals surface area contributed by atoms with Crippen LogP contribution in [0.3, 0.4) is 0 Å². The first kappa shape index (κ1) is 14.4. The molecule has 1 aliphatic heterocycles. The van der Waals surface area contributed by atoms with Crippen molar-refractivity contribution in [1.82, 2.24) is 9.97 Å². The number of piperidine rings is 1. The number of halogens is 4. The van der Waals surface area contributed by atoms with Crippen LogP contribution >= 0.6 is 15.9 Å². The fourth-order valence-corrected chi connectivity index (χ4v) is 2.83. The topological polar surface area (TPSA) is 41.1 Å². The molecular formula is C11H14BrF3N4. The molecule has 1 saturated heterocycles. The summed E-state index contributed by atoms with van der Waals surface area (Å²) in [7, 11) is 1.73. The smallest absolute Gasteiger partial charge is 0.372 e. The average Bonchev–Trinajstić information content (AvgIpc) is 2.38. The Bertz CT molecular complexity index is 444. The molecule has 4 nitrogen and oxygen atoms in total. The second kappa shape index (κ2) is 5.52. The van der Waals surface area contributed by atoms with Gasteiger partial charge in [-0.1, -0.05) is 0 Å². The van der Waals surface area contributed by atoms with Gasteiger partial charge in [0.15, 0.2) is 0 Å². The Hall–Kier alpha value is -1.05. The summed E-state index contributed by atoms with van der Waals surface area (Å²) >= 11 is 3.38. The largest absolute Gasteiger partial charge is 0.391 e. The highest BCUT2D eigenvalue weighted by Crippen LogP contribution is 2.37. The van der Waals surface area contributed by atoms with Crippen LogP contribution in [0.5, 0.6) is 0 Å². The van der Waals surface area contributed by atoms with Crippen LogP contribution in [-0.2, 0) is 0 Å². The van der Waals surface area contributed by atoms with Crippen LogP contribution in [0.25, 0.3) is 0 Å². The monoisotopic (exact) mass is 338 g/mol. The molecule has 106 valence electrons. The van der Waals surface area contributed by atoms with Crippen molar-refractivity contribution < 1.29 is 13.2 Å². The van der Waals surface area contributed by atoms with Gasteiger partial charge in [0, 0.05) is 20.1 Å². The summed E-state index contributed by atoms with van der Waals surface area (Å²) in [4.78, 5) is 10.0. The van der Waals surface area contributed by atoms with E-state index >= 15 is 0 Å². The molecule has 0 aliphatic carbocycles. The molecule has 0 aromatic carbocycles. The molecule has 0 atom stereocenters. The lowest BCUT2D eigenvalue weighted by molar-refractivity contribution is -0.179. The average molecular weight is 339 g/mol. The molecule has 0 bridgehead atoms. The van der Waals surface area contributed by atoms with E-state index in [9.17, 15) is 13.2 Å². The number of hydrogen-bond acceptors (Lipinski definition) is 4. The highest BCUT2D eigenvalue weighted by molar-refractivity contribution is 9.10. The van der Waals surface area contributed by atoms with Gasteiger partial charge >= 0.3 is 6.18 Å². The lowest BCUT2D eigenvalue weighted by Crippen LogP contribution is -2.39. The number of nitrogens with one attached hydrogen (secondary N) is 1. The summed E-state index contributed by atoms with van der Waals surface area (Å²) in [5.41, 5.74) is 0. The zero-order valence-electron chi connectivity index (χ0n) is 10.3. The molecule has 1 aliphatic rings. The molecule has 19 heavy (non-hydrogen) atoms. The third kappa shape index (κ3) is 3.10. The normalized spacial score (nSPS) is 17.6. The summed E-state index contributed by atoms with van der Waals surface area (Å²) in [6, 6.07) is 0. The van der Waals surface area contributed by atoms with E-state index in [1.807, 2.05) is 4.90 Å². The third-order valence-electron chi connectivity index (χ3n) is 3.27. The van der Waals surface area contributed by atoms with E-state index in [4.69, 9.17) is 0 Å². The fraction of sp³-hybridized carbons (Fsp3) is 0.636. The predicted molar refractivity (Wildman–Crippen MR) is 70.3 cm³/mol. The third-order valence-corrected chi connectivity index (χ3v) is 4.00. The van der Waals surface area contributed by atoms with Crippen LogP contribution in [0.4, 0.5) is 24.8 Å². The van der Waals surface area contributed by atoms with Crippen molar-refractivity contribution in [3.05, 3.63) is 10.8 Å². The van der Waals surface area contributed by atoms with Gasteiger partial charge in [-0.25, -0.2) is 9.97 Å². The van der Waals surface area contributed by atoms with Crippen LogP contribution in [0.1, 0.15) is 12.8 Å². The first-order valence-corrected chi connectivity index (χ1v) is 6.72. The van der Waals surface area contributed by atoms with Gasteiger partial charge in [-0.15, -0.1) is 0 Å². The number of anilines is 2. The molecule has 0 saturated carbocycles. The quantitative estimate of drug-likeness (QED) is 0.899. The highest BCUT2D eigenvalue weighted by Gasteiger charge is 2.41. The van der Waals surface area contributed by atoms with Crippen molar-refractivity contribution in [3.63, 3.8) is 0 Å². The SMILES string of the molecule is CNc1ncnc(N2CCC(C(F)(F)F)CC2)c1Br. The Balaban J connectivity index is 2.10. The summed E-state index contributed by atoms with van der Waals surface area (Å²) in [5, 5.41) is 2.90. The van der Waals surface area contributed by atoms with E-state index in [0.29, 0.717) is 29.2 Å². The Kier molecular flexibility index (Phi) is 4.17. The second-order valence-electron chi connectivity index (χ2n) is 4.41. The molecule has 8 heteroatoms. The number of hydrogen-bond donors (Lipinski definition) is 1. The molecule has 2 heterocycles. The molecule has 0 amide bonds. The summed E-state index contributed by atoms with van der Waals surface area (Å²) in [5.74, 6) is 0.0658. The summed E-state index contributed by atoms with van der Waals surface area (Å²) in [6.45, 7) is 0.700. The van der Waals surface area contributed by atoms with E-state index < -0.39 is 12.1 Å². The standard InChI is InChI=1S/C11H14BrF3N4/c1-16-9-8(12)10(18-6-17-9)19-4-2-7(3-5-19)11(13,14)15/h6-7H,2-5H2,1H3,(H,16,17,18). The minimum absolute atomic E-state index is 0.106. The Labute approximate surface area is 117 Å². The summed E-state index contributed by atoms with van der Waals surface area (Å²) in [6.07, 6.45) is -2.48. The van der Waals surface area contributed by atoms with E-state index in [1.54, 1.807) is 7.05 Å². The van der Waals surface area contributed by atoms with Gasteiger partial charge in [0.25, 0.3) is 0 Å². The molecule has 0 spiro atoms. The van der Waals surface area contributed by atoms with Gasteiger partial charge in [0.05, 0.1) is 5.92 Å². The fourth-order valence-electron chi connectivity index (χ4n) is 2.17. The number of aromatic nitrogens is 2. The first-order chi connectivity index (χ1) is 8.93. The van der Waals surface area contributed by atoms with Gasteiger partial charge in [-0.2, -0.15) is 13.2 Å². The lowest BCUT2D eigenvalue weighted by atomic mass is 9.96. The van der Waals surface area contributed by atoms with E-state index in [2.05, 4.69) is 31.2 Å². The van der Waals surface area contributed by atoms with Gasteiger partial charge in [0.2, 0.25) is 0 Å². The van der Waals surface area contributed by atoms with Crippen molar-refractivity contribution in [3.8, 4) is 0 Å². The molecule has 2 rings (SSSR count). The number of alkyl halides is 3. The van der Waals surface area contributed by atoms with Gasteiger partial charge < -0.3 is 10.2 Å². The zero-order chi connectivity index (χ0) is 14.0. The first-order valence-electron chi connectivity index (χ1n) is 5.93. The second-order valence-corrected chi connectivity index (χ2v) is 5.21. The lowest BCUT2D eigenvalue weighted by Gasteiger charge is -2.34. The van der Waals surface area contributed by atoms with Gasteiger partial charge in [-0.3, -0.25) is 0 Å².